The predicted octanol–water partition coefficient (Wildman–Crippen LogP) is 3.92. The molecule has 2 heterocycles. The van der Waals surface area contributed by atoms with Gasteiger partial charge in [-0.15, -0.1) is 0 Å². The molecule has 2 aliphatic rings. The van der Waals surface area contributed by atoms with Crippen molar-refractivity contribution < 1.29 is 37.0 Å². The fourth-order valence-corrected chi connectivity index (χ4v) is 4.14. The van der Waals surface area contributed by atoms with Crippen molar-refractivity contribution in [3.8, 4) is 11.5 Å². The predicted molar refractivity (Wildman–Crippen MR) is 119 cm³/mol. The molecule has 2 amide bonds. The molecule has 0 saturated carbocycles. The summed E-state index contributed by atoms with van der Waals surface area (Å²) in [7, 11) is 0. The fraction of sp³-hybridized carbons (Fsp3) is 0.400. The molecule has 1 unspecified atom stereocenters. The van der Waals surface area contributed by atoms with Gasteiger partial charge in [-0.25, -0.2) is 0 Å². The van der Waals surface area contributed by atoms with E-state index in [0.717, 1.165) is 12.1 Å². The van der Waals surface area contributed by atoms with E-state index in [2.05, 4.69) is 5.32 Å². The Morgan fingerprint density at radius 1 is 1.03 bits per heavy atom. The molecule has 186 valence electrons. The number of likely N-dealkylation sites (tertiary alicyclic amines) is 1. The summed E-state index contributed by atoms with van der Waals surface area (Å²) in [5.74, 6) is 0.134. The van der Waals surface area contributed by atoms with Crippen LogP contribution in [-0.2, 0) is 15.8 Å². The first-order chi connectivity index (χ1) is 16.7. The molecule has 2 aromatic rings. The molecule has 1 atom stereocenters. The topological polar surface area (TPSA) is 84.9 Å². The minimum atomic E-state index is -4.54. The third kappa shape index (κ3) is 6.12. The number of hydrogen-bond donors (Lipinski definition) is 1. The van der Waals surface area contributed by atoms with Gasteiger partial charge in [-0.1, -0.05) is 12.1 Å². The average molecular weight is 490 g/mol. The second-order valence-electron chi connectivity index (χ2n) is 8.47. The van der Waals surface area contributed by atoms with E-state index in [-0.39, 0.29) is 36.6 Å². The molecule has 0 aromatic heterocycles. The number of ketones is 1. The van der Waals surface area contributed by atoms with Gasteiger partial charge in [-0.2, -0.15) is 13.2 Å². The molecule has 7 nitrogen and oxygen atoms in total. The van der Waals surface area contributed by atoms with E-state index in [1.54, 1.807) is 18.2 Å². The molecule has 0 bridgehead atoms. The number of nitrogens with zero attached hydrogens (tertiary/aromatic N) is 1. The highest BCUT2D eigenvalue weighted by Gasteiger charge is 2.32. The molecule has 1 N–H and O–H groups in total. The van der Waals surface area contributed by atoms with Crippen LogP contribution in [0.5, 0.6) is 11.5 Å². The smallest absolute Gasteiger partial charge is 0.416 e. The molecule has 1 fully saturated rings. The van der Waals surface area contributed by atoms with Crippen LogP contribution in [0, 0.1) is 0 Å². The normalized spacial score (nSPS) is 16.2. The molecule has 0 radical (unpaired) electrons. The van der Waals surface area contributed by atoms with Gasteiger partial charge in [-0.3, -0.25) is 14.4 Å². The van der Waals surface area contributed by atoms with Gasteiger partial charge in [0, 0.05) is 37.9 Å². The van der Waals surface area contributed by atoms with Crippen molar-refractivity contribution in [3.63, 3.8) is 0 Å². The molecule has 2 aromatic carbocycles. The van der Waals surface area contributed by atoms with Gasteiger partial charge < -0.3 is 19.7 Å². The van der Waals surface area contributed by atoms with Crippen molar-refractivity contribution in [1.29, 1.82) is 0 Å². The quantitative estimate of drug-likeness (QED) is 0.567. The second kappa shape index (κ2) is 10.4. The number of benzene rings is 2. The van der Waals surface area contributed by atoms with Gasteiger partial charge >= 0.3 is 6.18 Å². The molecular weight excluding hydrogens is 465 g/mol. The summed E-state index contributed by atoms with van der Waals surface area (Å²) in [6.07, 6.45) is -3.76. The van der Waals surface area contributed by atoms with Crippen LogP contribution in [0.3, 0.4) is 0 Å². The van der Waals surface area contributed by atoms with Crippen molar-refractivity contribution in [2.24, 2.45) is 0 Å². The average Bonchev–Trinajstić information content (AvgIpc) is 3.25. The van der Waals surface area contributed by atoms with Crippen molar-refractivity contribution in [2.75, 3.05) is 26.3 Å². The Hall–Kier alpha value is -3.56. The van der Waals surface area contributed by atoms with E-state index in [1.807, 2.05) is 0 Å². The van der Waals surface area contributed by atoms with Crippen LogP contribution in [0.1, 0.15) is 53.2 Å². The van der Waals surface area contributed by atoms with Crippen LogP contribution in [0.2, 0.25) is 0 Å². The Balaban J connectivity index is 1.43. The zero-order valence-electron chi connectivity index (χ0n) is 18.9. The van der Waals surface area contributed by atoms with Crippen LogP contribution in [0.4, 0.5) is 13.2 Å². The molecule has 0 aliphatic carbocycles. The highest BCUT2D eigenvalue weighted by molar-refractivity contribution is 5.98. The lowest BCUT2D eigenvalue weighted by atomic mass is 10.0. The van der Waals surface area contributed by atoms with Gasteiger partial charge in [0.05, 0.1) is 11.6 Å². The van der Waals surface area contributed by atoms with Crippen molar-refractivity contribution in [1.82, 2.24) is 10.2 Å². The summed E-state index contributed by atoms with van der Waals surface area (Å²) in [4.78, 5) is 38.9. The van der Waals surface area contributed by atoms with Gasteiger partial charge in [0.15, 0.2) is 17.3 Å². The summed E-state index contributed by atoms with van der Waals surface area (Å²) in [5.41, 5.74) is -0.221. The number of fused-ring (bicyclic) bond motifs is 1. The maximum atomic E-state index is 13.2. The first kappa shape index (κ1) is 24.6. The zero-order valence-corrected chi connectivity index (χ0v) is 18.9. The minimum Gasteiger partial charge on any atom is -0.486 e. The number of rotatable bonds is 8. The fourth-order valence-electron chi connectivity index (χ4n) is 4.14. The number of Topliss-reactive ketones (excluding diaryl/α,β-unsaturated/α-hetero) is 1. The van der Waals surface area contributed by atoms with Gasteiger partial charge in [0.2, 0.25) is 11.8 Å². The Morgan fingerprint density at radius 2 is 1.80 bits per heavy atom. The Kier molecular flexibility index (Phi) is 7.28. The SMILES string of the molecule is O=C(CCC(=O)c1ccc2c(c1)OCCO2)NC(CN1CCCC1=O)c1cccc(C(F)(F)F)c1. The van der Waals surface area contributed by atoms with E-state index >= 15 is 0 Å². The summed E-state index contributed by atoms with van der Waals surface area (Å²) in [6.45, 7) is 1.34. The molecule has 2 aliphatic heterocycles. The number of carbonyl (C=O) groups excluding carboxylic acids is 3. The van der Waals surface area contributed by atoms with Gasteiger partial charge in [0.25, 0.3) is 0 Å². The Morgan fingerprint density at radius 3 is 2.51 bits per heavy atom. The summed E-state index contributed by atoms with van der Waals surface area (Å²) >= 11 is 0. The van der Waals surface area contributed by atoms with Crippen LogP contribution in [0.25, 0.3) is 0 Å². The number of carbonyl (C=O) groups is 3. The number of ether oxygens (including phenoxy) is 2. The first-order valence-corrected chi connectivity index (χ1v) is 11.4. The van der Waals surface area contributed by atoms with Gasteiger partial charge in [-0.05, 0) is 42.3 Å². The molecule has 4 rings (SSSR count). The number of halogens is 3. The molecule has 35 heavy (non-hydrogen) atoms. The lowest BCUT2D eigenvalue weighted by Gasteiger charge is -2.26. The largest absolute Gasteiger partial charge is 0.486 e. The van der Waals surface area contributed by atoms with Crippen LogP contribution in [0.15, 0.2) is 42.5 Å². The molecule has 1 saturated heterocycles. The lowest BCUT2D eigenvalue weighted by Crippen LogP contribution is -2.38. The summed E-state index contributed by atoms with van der Waals surface area (Å²) in [6, 6.07) is 8.66. The van der Waals surface area contributed by atoms with Gasteiger partial charge in [0.1, 0.15) is 13.2 Å². The Bertz CT molecular complexity index is 1120. The summed E-state index contributed by atoms with van der Waals surface area (Å²) in [5, 5.41) is 2.72. The Labute approximate surface area is 200 Å². The van der Waals surface area contributed by atoms with E-state index in [4.69, 9.17) is 9.47 Å². The maximum absolute atomic E-state index is 13.2. The number of nitrogens with one attached hydrogen (secondary N) is 1. The van der Waals surface area contributed by atoms with Crippen molar-refractivity contribution in [3.05, 3.63) is 59.2 Å². The number of amides is 2. The third-order valence-electron chi connectivity index (χ3n) is 5.97. The van der Waals surface area contributed by atoms with E-state index in [1.165, 1.54) is 17.0 Å². The second-order valence-corrected chi connectivity index (χ2v) is 8.47. The molecule has 0 spiro atoms. The van der Waals surface area contributed by atoms with E-state index < -0.39 is 23.7 Å². The van der Waals surface area contributed by atoms with Crippen molar-refractivity contribution in [2.45, 2.75) is 37.9 Å². The highest BCUT2D eigenvalue weighted by Crippen LogP contribution is 2.32. The molecule has 10 heteroatoms. The monoisotopic (exact) mass is 490 g/mol. The number of alkyl halides is 3. The summed E-state index contributed by atoms with van der Waals surface area (Å²) < 4.78 is 50.6. The number of hydrogen-bond acceptors (Lipinski definition) is 5. The maximum Gasteiger partial charge on any atom is 0.416 e. The van der Waals surface area contributed by atoms with Crippen LogP contribution < -0.4 is 14.8 Å². The van der Waals surface area contributed by atoms with E-state index in [0.29, 0.717) is 49.7 Å². The van der Waals surface area contributed by atoms with Crippen LogP contribution >= 0.6 is 0 Å². The van der Waals surface area contributed by atoms with Crippen molar-refractivity contribution >= 4 is 17.6 Å². The molecular formula is C25H25F3N2O5. The highest BCUT2D eigenvalue weighted by atomic mass is 19.4. The van der Waals surface area contributed by atoms with Crippen LogP contribution in [-0.4, -0.2) is 48.8 Å². The zero-order chi connectivity index (χ0) is 25.0. The minimum absolute atomic E-state index is 0.0575. The van der Waals surface area contributed by atoms with E-state index in [9.17, 15) is 27.6 Å². The first-order valence-electron chi connectivity index (χ1n) is 11.4. The third-order valence-corrected chi connectivity index (χ3v) is 5.97. The lowest BCUT2D eigenvalue weighted by molar-refractivity contribution is -0.137. The standard InChI is InChI=1S/C25H25F3N2O5/c26-25(27,28)18-4-1-3-16(13-18)19(15-30-10-2-5-24(30)33)29-23(32)9-7-20(31)17-6-8-21-22(14-17)35-12-11-34-21/h1,3-4,6,8,13-14,19H,2,5,7,9-12,15H2,(H,29,32).